The van der Waals surface area contributed by atoms with Gasteiger partial charge >= 0.3 is 0 Å². The minimum Gasteiger partial charge on any atom is -0.497 e. The Balaban J connectivity index is 2.19. The van der Waals surface area contributed by atoms with Crippen LogP contribution in [0, 0.1) is 5.92 Å². The first-order chi connectivity index (χ1) is 8.93. The van der Waals surface area contributed by atoms with Gasteiger partial charge in [-0.1, -0.05) is 13.8 Å². The summed E-state index contributed by atoms with van der Waals surface area (Å²) in [6.45, 7) is 6.51. The Hall–Kier alpha value is -1.22. The zero-order valence-electron chi connectivity index (χ0n) is 12.3. The molecule has 1 heterocycles. The lowest BCUT2D eigenvalue weighted by molar-refractivity contribution is -0.0102. The Kier molecular flexibility index (Phi) is 4.04. The van der Waals surface area contributed by atoms with Crippen LogP contribution in [0.25, 0.3) is 0 Å². The molecular weight excluding hydrogens is 240 g/mol. The van der Waals surface area contributed by atoms with E-state index < -0.39 is 6.10 Å². The fourth-order valence-corrected chi connectivity index (χ4v) is 2.58. The molecule has 0 radical (unpaired) electrons. The third-order valence-electron chi connectivity index (χ3n) is 3.81. The van der Waals surface area contributed by atoms with Crippen LogP contribution < -0.4 is 9.47 Å². The highest BCUT2D eigenvalue weighted by atomic mass is 16.5. The van der Waals surface area contributed by atoms with E-state index >= 15 is 0 Å². The van der Waals surface area contributed by atoms with Gasteiger partial charge in [0.05, 0.1) is 13.2 Å². The molecule has 2 atom stereocenters. The van der Waals surface area contributed by atoms with Gasteiger partial charge in [0.15, 0.2) is 0 Å². The number of ether oxygens (including phenoxy) is 2. The highest BCUT2D eigenvalue weighted by Crippen LogP contribution is 2.43. The molecule has 0 aliphatic carbocycles. The first-order valence-electron chi connectivity index (χ1n) is 6.98. The molecule has 0 spiro atoms. The second kappa shape index (κ2) is 5.41. The molecule has 0 fully saturated rings. The summed E-state index contributed by atoms with van der Waals surface area (Å²) in [6, 6.07) is 5.63. The number of fused-ring (bicyclic) bond motifs is 1. The second-order valence-electron chi connectivity index (χ2n) is 6.11. The van der Waals surface area contributed by atoms with Crippen molar-refractivity contribution in [3.8, 4) is 11.5 Å². The fourth-order valence-electron chi connectivity index (χ4n) is 2.58. The van der Waals surface area contributed by atoms with Crippen LogP contribution in [0.15, 0.2) is 18.2 Å². The zero-order valence-corrected chi connectivity index (χ0v) is 12.3. The van der Waals surface area contributed by atoms with Crippen molar-refractivity contribution < 1.29 is 14.6 Å². The molecular formula is C16H24O3. The number of methoxy groups -OCH3 is 1. The smallest absolute Gasteiger partial charge is 0.126 e. The molecule has 0 bridgehead atoms. The van der Waals surface area contributed by atoms with Crippen LogP contribution in [0.2, 0.25) is 0 Å². The predicted molar refractivity (Wildman–Crippen MR) is 75.7 cm³/mol. The summed E-state index contributed by atoms with van der Waals surface area (Å²) >= 11 is 0. The quantitative estimate of drug-likeness (QED) is 0.901. The Morgan fingerprint density at radius 3 is 2.84 bits per heavy atom. The number of aliphatic hydroxyl groups excluding tert-OH is 1. The molecule has 0 saturated carbocycles. The van der Waals surface area contributed by atoms with E-state index in [2.05, 4.69) is 20.8 Å². The molecule has 2 rings (SSSR count). The molecule has 106 valence electrons. The van der Waals surface area contributed by atoms with Gasteiger partial charge in [0, 0.05) is 12.0 Å². The van der Waals surface area contributed by atoms with Crippen molar-refractivity contribution in [2.45, 2.75) is 51.7 Å². The Bertz CT molecular complexity index is 442. The van der Waals surface area contributed by atoms with Gasteiger partial charge in [0.2, 0.25) is 0 Å². The van der Waals surface area contributed by atoms with Gasteiger partial charge in [-0.15, -0.1) is 0 Å². The molecule has 1 aliphatic rings. The molecule has 1 aromatic rings. The van der Waals surface area contributed by atoms with E-state index in [1.54, 1.807) is 7.11 Å². The summed E-state index contributed by atoms with van der Waals surface area (Å²) in [4.78, 5) is 0. The van der Waals surface area contributed by atoms with Crippen LogP contribution in [0.4, 0.5) is 0 Å². The Morgan fingerprint density at radius 1 is 1.47 bits per heavy atom. The van der Waals surface area contributed by atoms with Crippen molar-refractivity contribution in [3.05, 3.63) is 23.8 Å². The molecule has 0 aromatic heterocycles. The van der Waals surface area contributed by atoms with E-state index in [4.69, 9.17) is 9.47 Å². The minimum atomic E-state index is -0.476. The highest BCUT2D eigenvalue weighted by molar-refractivity contribution is 5.43. The molecule has 1 N–H and O–H groups in total. The normalized spacial score (nSPS) is 25.9. The Morgan fingerprint density at radius 2 is 2.21 bits per heavy atom. The highest BCUT2D eigenvalue weighted by Gasteiger charge is 2.36. The fraction of sp³-hybridized carbons (Fsp3) is 0.625. The zero-order chi connectivity index (χ0) is 14.0. The van der Waals surface area contributed by atoms with E-state index in [-0.39, 0.29) is 5.60 Å². The maximum atomic E-state index is 10.3. The standard InChI is InChI=1S/C16H24O3/c1-11(2)7-8-16(3)10-14(17)13-9-12(18-4)5-6-15(13)19-16/h5-6,9,11,14,17H,7-8,10H2,1-4H3/t14-,16?/m1/s1. The van der Waals surface area contributed by atoms with Crippen molar-refractivity contribution >= 4 is 0 Å². The second-order valence-corrected chi connectivity index (χ2v) is 6.11. The summed E-state index contributed by atoms with van der Waals surface area (Å²) in [5, 5.41) is 10.3. The number of rotatable bonds is 4. The van der Waals surface area contributed by atoms with Gasteiger partial charge in [-0.25, -0.2) is 0 Å². The van der Waals surface area contributed by atoms with Crippen molar-refractivity contribution in [1.82, 2.24) is 0 Å². The van der Waals surface area contributed by atoms with Gasteiger partial charge in [-0.05, 0) is 43.9 Å². The summed E-state index contributed by atoms with van der Waals surface area (Å²) in [7, 11) is 1.63. The van der Waals surface area contributed by atoms with E-state index in [0.717, 1.165) is 29.9 Å². The topological polar surface area (TPSA) is 38.7 Å². The third-order valence-corrected chi connectivity index (χ3v) is 3.81. The molecule has 3 heteroatoms. The van der Waals surface area contributed by atoms with Gasteiger partial charge in [-0.2, -0.15) is 0 Å². The molecule has 0 amide bonds. The van der Waals surface area contributed by atoms with Gasteiger partial charge in [-0.3, -0.25) is 0 Å². The average molecular weight is 264 g/mol. The van der Waals surface area contributed by atoms with Crippen LogP contribution >= 0.6 is 0 Å². The van der Waals surface area contributed by atoms with Gasteiger partial charge < -0.3 is 14.6 Å². The van der Waals surface area contributed by atoms with Crippen molar-refractivity contribution in [2.24, 2.45) is 5.92 Å². The predicted octanol–water partition coefficient (Wildman–Crippen LogP) is 3.71. The SMILES string of the molecule is COc1ccc2c(c1)[C@H](O)CC(C)(CCC(C)C)O2. The van der Waals surface area contributed by atoms with E-state index in [1.165, 1.54) is 0 Å². The lowest BCUT2D eigenvalue weighted by atomic mass is 9.85. The lowest BCUT2D eigenvalue weighted by Gasteiger charge is -2.38. The number of aliphatic hydroxyl groups is 1. The van der Waals surface area contributed by atoms with Gasteiger partial charge in [0.25, 0.3) is 0 Å². The van der Waals surface area contributed by atoms with Crippen LogP contribution in [-0.4, -0.2) is 17.8 Å². The molecule has 19 heavy (non-hydrogen) atoms. The van der Waals surface area contributed by atoms with Crippen LogP contribution in [0.5, 0.6) is 11.5 Å². The summed E-state index contributed by atoms with van der Waals surface area (Å²) in [5.41, 5.74) is 0.562. The van der Waals surface area contributed by atoms with Crippen LogP contribution in [0.3, 0.4) is 0 Å². The van der Waals surface area contributed by atoms with Crippen molar-refractivity contribution in [1.29, 1.82) is 0 Å². The van der Waals surface area contributed by atoms with Crippen LogP contribution in [-0.2, 0) is 0 Å². The number of hydrogen-bond donors (Lipinski definition) is 1. The van der Waals surface area contributed by atoms with Crippen molar-refractivity contribution in [2.75, 3.05) is 7.11 Å². The maximum Gasteiger partial charge on any atom is 0.126 e. The lowest BCUT2D eigenvalue weighted by Crippen LogP contribution is -2.38. The van der Waals surface area contributed by atoms with Crippen LogP contribution in [0.1, 0.15) is 51.7 Å². The number of benzene rings is 1. The molecule has 1 aliphatic heterocycles. The summed E-state index contributed by atoms with van der Waals surface area (Å²) in [6.07, 6.45) is 2.23. The van der Waals surface area contributed by atoms with Crippen molar-refractivity contribution in [3.63, 3.8) is 0 Å². The summed E-state index contributed by atoms with van der Waals surface area (Å²) in [5.74, 6) is 2.19. The number of hydrogen-bond acceptors (Lipinski definition) is 3. The first kappa shape index (κ1) is 14.2. The molecule has 0 saturated heterocycles. The minimum absolute atomic E-state index is 0.273. The Labute approximate surface area is 115 Å². The third kappa shape index (κ3) is 3.21. The maximum absolute atomic E-state index is 10.3. The molecule has 3 nitrogen and oxygen atoms in total. The van der Waals surface area contributed by atoms with E-state index in [0.29, 0.717) is 12.3 Å². The largest absolute Gasteiger partial charge is 0.497 e. The summed E-state index contributed by atoms with van der Waals surface area (Å²) < 4.78 is 11.3. The molecule has 1 aromatic carbocycles. The molecule has 1 unspecified atom stereocenters. The first-order valence-corrected chi connectivity index (χ1v) is 6.98. The monoisotopic (exact) mass is 264 g/mol. The van der Waals surface area contributed by atoms with E-state index in [1.807, 2.05) is 18.2 Å². The van der Waals surface area contributed by atoms with Gasteiger partial charge in [0.1, 0.15) is 17.1 Å². The average Bonchev–Trinajstić information content (AvgIpc) is 2.36. The van der Waals surface area contributed by atoms with E-state index in [9.17, 15) is 5.11 Å².